The van der Waals surface area contributed by atoms with Crippen molar-refractivity contribution in [3.8, 4) is 17.2 Å². The van der Waals surface area contributed by atoms with Crippen molar-refractivity contribution in [2.45, 2.75) is 6.42 Å². The molecule has 0 bridgehead atoms. The van der Waals surface area contributed by atoms with E-state index in [1.807, 2.05) is 30.3 Å². The summed E-state index contributed by atoms with van der Waals surface area (Å²) in [5.74, 6) is 0.655. The van der Waals surface area contributed by atoms with Crippen LogP contribution < -0.4 is 9.47 Å². The predicted octanol–water partition coefficient (Wildman–Crippen LogP) is 3.23. The van der Waals surface area contributed by atoms with Gasteiger partial charge >= 0.3 is 5.97 Å². The lowest BCUT2D eigenvalue weighted by molar-refractivity contribution is -0.139. The van der Waals surface area contributed by atoms with E-state index in [0.29, 0.717) is 22.8 Å². The van der Waals surface area contributed by atoms with Crippen LogP contribution >= 0.6 is 0 Å². The van der Waals surface area contributed by atoms with Crippen LogP contribution in [-0.2, 0) is 9.53 Å². The predicted molar refractivity (Wildman–Crippen MR) is 80.5 cm³/mol. The third-order valence-corrected chi connectivity index (χ3v) is 2.99. The van der Waals surface area contributed by atoms with Crippen molar-refractivity contribution in [1.82, 2.24) is 0 Å². The van der Waals surface area contributed by atoms with E-state index in [-0.39, 0.29) is 12.2 Å². The Morgan fingerprint density at radius 1 is 0.955 bits per heavy atom. The van der Waals surface area contributed by atoms with Crippen molar-refractivity contribution in [2.24, 2.45) is 0 Å². The van der Waals surface area contributed by atoms with Crippen LogP contribution in [0, 0.1) is 0 Å². The minimum absolute atomic E-state index is 0.307. The van der Waals surface area contributed by atoms with Crippen molar-refractivity contribution >= 4 is 11.8 Å². The van der Waals surface area contributed by atoms with Gasteiger partial charge in [0, 0.05) is 5.56 Å². The van der Waals surface area contributed by atoms with Gasteiger partial charge in [0.25, 0.3) is 0 Å². The summed E-state index contributed by atoms with van der Waals surface area (Å²) in [5, 5.41) is 0. The van der Waals surface area contributed by atoms with Crippen LogP contribution in [0.2, 0.25) is 0 Å². The van der Waals surface area contributed by atoms with Crippen LogP contribution in [0.15, 0.2) is 48.5 Å². The van der Waals surface area contributed by atoms with E-state index in [1.165, 1.54) is 14.2 Å². The molecule has 0 heterocycles. The number of esters is 1. The Morgan fingerprint density at radius 2 is 1.68 bits per heavy atom. The molecule has 114 valence electrons. The topological polar surface area (TPSA) is 61.8 Å². The molecule has 0 fully saturated rings. The van der Waals surface area contributed by atoms with E-state index in [1.54, 1.807) is 18.2 Å². The molecule has 5 heteroatoms. The van der Waals surface area contributed by atoms with Gasteiger partial charge in [-0.1, -0.05) is 18.2 Å². The van der Waals surface area contributed by atoms with Gasteiger partial charge in [-0.2, -0.15) is 0 Å². The molecular weight excluding hydrogens is 284 g/mol. The lowest BCUT2D eigenvalue weighted by atomic mass is 10.1. The van der Waals surface area contributed by atoms with Gasteiger partial charge in [-0.15, -0.1) is 0 Å². The molecule has 0 aliphatic rings. The molecule has 2 aromatic carbocycles. The highest BCUT2D eigenvalue weighted by Gasteiger charge is 2.15. The summed E-state index contributed by atoms with van der Waals surface area (Å²) in [6, 6.07) is 14.0. The molecule has 0 radical (unpaired) electrons. The van der Waals surface area contributed by atoms with Gasteiger partial charge in [0.15, 0.2) is 17.3 Å². The normalized spacial score (nSPS) is 9.91. The Morgan fingerprint density at radius 3 is 2.32 bits per heavy atom. The highest BCUT2D eigenvalue weighted by atomic mass is 16.5. The number of ketones is 1. The molecule has 0 unspecified atom stereocenters. The van der Waals surface area contributed by atoms with Gasteiger partial charge in [0.2, 0.25) is 0 Å². The monoisotopic (exact) mass is 300 g/mol. The summed E-state index contributed by atoms with van der Waals surface area (Å²) in [6.45, 7) is 0. The Kier molecular flexibility index (Phi) is 5.14. The maximum atomic E-state index is 12.0. The average Bonchev–Trinajstić information content (AvgIpc) is 2.55. The average molecular weight is 300 g/mol. The Labute approximate surface area is 128 Å². The molecule has 0 saturated heterocycles. The highest BCUT2D eigenvalue weighted by Crippen LogP contribution is 2.32. The lowest BCUT2D eigenvalue weighted by Crippen LogP contribution is -2.09. The first-order valence-electron chi connectivity index (χ1n) is 6.65. The van der Waals surface area contributed by atoms with E-state index >= 15 is 0 Å². The van der Waals surface area contributed by atoms with E-state index in [2.05, 4.69) is 4.74 Å². The van der Waals surface area contributed by atoms with Crippen molar-refractivity contribution in [1.29, 1.82) is 0 Å². The Bertz CT molecular complexity index is 664. The van der Waals surface area contributed by atoms with Gasteiger partial charge in [0.05, 0.1) is 14.2 Å². The van der Waals surface area contributed by atoms with E-state index in [4.69, 9.17) is 9.47 Å². The largest absolute Gasteiger partial charge is 0.493 e. The van der Waals surface area contributed by atoms with Crippen LogP contribution in [-0.4, -0.2) is 26.0 Å². The van der Waals surface area contributed by atoms with Crippen LogP contribution in [0.25, 0.3) is 0 Å². The summed E-state index contributed by atoms with van der Waals surface area (Å²) in [6.07, 6.45) is -0.307. The van der Waals surface area contributed by atoms with Crippen LogP contribution in [0.1, 0.15) is 16.8 Å². The molecule has 5 nitrogen and oxygen atoms in total. The molecule has 2 rings (SSSR count). The van der Waals surface area contributed by atoms with Crippen molar-refractivity contribution in [2.75, 3.05) is 14.2 Å². The molecule has 0 N–H and O–H groups in total. The Hall–Kier alpha value is -2.82. The molecule has 2 aromatic rings. The van der Waals surface area contributed by atoms with Crippen molar-refractivity contribution in [3.05, 3.63) is 54.1 Å². The standard InChI is InChI=1S/C17H16O5/c1-20-16-10-12(14(18)11-17(19)21-2)8-9-15(16)22-13-6-4-3-5-7-13/h3-10H,11H2,1-2H3. The number of carbonyl (C=O) groups excluding carboxylic acids is 2. The van der Waals surface area contributed by atoms with Gasteiger partial charge in [-0.3, -0.25) is 9.59 Å². The first-order chi connectivity index (χ1) is 10.6. The minimum atomic E-state index is -0.575. The number of hydrogen-bond acceptors (Lipinski definition) is 5. The zero-order valence-corrected chi connectivity index (χ0v) is 12.4. The maximum absolute atomic E-state index is 12.0. The second kappa shape index (κ2) is 7.26. The molecule has 0 aromatic heterocycles. The molecule has 0 saturated carbocycles. The van der Waals surface area contributed by atoms with Crippen molar-refractivity contribution in [3.63, 3.8) is 0 Å². The third-order valence-electron chi connectivity index (χ3n) is 2.99. The number of methoxy groups -OCH3 is 2. The number of para-hydroxylation sites is 1. The summed E-state index contributed by atoms with van der Waals surface area (Å²) in [7, 11) is 2.73. The number of hydrogen-bond donors (Lipinski definition) is 0. The molecule has 22 heavy (non-hydrogen) atoms. The summed E-state index contributed by atoms with van der Waals surface area (Å²) < 4.78 is 15.4. The number of Topliss-reactive ketones (excluding diaryl/α,β-unsaturated/α-hetero) is 1. The number of rotatable bonds is 6. The van der Waals surface area contributed by atoms with E-state index in [0.717, 1.165) is 0 Å². The maximum Gasteiger partial charge on any atom is 0.313 e. The highest BCUT2D eigenvalue weighted by molar-refractivity contribution is 6.06. The minimum Gasteiger partial charge on any atom is -0.493 e. The molecule has 0 aliphatic heterocycles. The van der Waals surface area contributed by atoms with E-state index in [9.17, 15) is 9.59 Å². The first-order valence-corrected chi connectivity index (χ1v) is 6.65. The smallest absolute Gasteiger partial charge is 0.313 e. The second-order valence-electron chi connectivity index (χ2n) is 4.46. The molecular formula is C17H16O5. The van der Waals surface area contributed by atoms with Crippen LogP contribution in [0.3, 0.4) is 0 Å². The molecule has 0 spiro atoms. The zero-order valence-electron chi connectivity index (χ0n) is 12.4. The number of benzene rings is 2. The Balaban J connectivity index is 2.20. The number of carbonyl (C=O) groups is 2. The van der Waals surface area contributed by atoms with Crippen LogP contribution in [0.4, 0.5) is 0 Å². The van der Waals surface area contributed by atoms with Gasteiger partial charge in [-0.25, -0.2) is 0 Å². The number of ether oxygens (including phenoxy) is 3. The van der Waals surface area contributed by atoms with Crippen LogP contribution in [0.5, 0.6) is 17.2 Å². The van der Waals surface area contributed by atoms with E-state index < -0.39 is 5.97 Å². The van der Waals surface area contributed by atoms with Crippen molar-refractivity contribution < 1.29 is 23.8 Å². The fourth-order valence-corrected chi connectivity index (χ4v) is 1.85. The molecule has 0 aliphatic carbocycles. The summed E-state index contributed by atoms with van der Waals surface area (Å²) >= 11 is 0. The third kappa shape index (κ3) is 3.85. The lowest BCUT2D eigenvalue weighted by Gasteiger charge is -2.11. The SMILES string of the molecule is COC(=O)CC(=O)c1ccc(Oc2ccccc2)c(OC)c1. The van der Waals surface area contributed by atoms with Gasteiger partial charge < -0.3 is 14.2 Å². The first kappa shape index (κ1) is 15.6. The fourth-order valence-electron chi connectivity index (χ4n) is 1.85. The summed E-state index contributed by atoms with van der Waals surface area (Å²) in [4.78, 5) is 23.1. The molecule has 0 atom stereocenters. The quantitative estimate of drug-likeness (QED) is 0.465. The summed E-state index contributed by atoms with van der Waals surface area (Å²) in [5.41, 5.74) is 0.364. The molecule has 0 amide bonds. The fraction of sp³-hybridized carbons (Fsp3) is 0.176. The zero-order chi connectivity index (χ0) is 15.9. The van der Waals surface area contributed by atoms with Gasteiger partial charge in [0.1, 0.15) is 12.2 Å². The van der Waals surface area contributed by atoms with Gasteiger partial charge in [-0.05, 0) is 30.3 Å². The second-order valence-corrected chi connectivity index (χ2v) is 4.46.